The zero-order valence-electron chi connectivity index (χ0n) is 41.8. The number of benzene rings is 4. The minimum absolute atomic E-state index is 0. The first-order chi connectivity index (χ1) is 35.0. The van der Waals surface area contributed by atoms with Crippen molar-refractivity contribution in [3.63, 3.8) is 0 Å². The molecule has 0 aliphatic heterocycles. The molecule has 6 N–H and O–H groups in total. The number of rotatable bonds is 24. The van der Waals surface area contributed by atoms with Crippen LogP contribution in [-0.4, -0.2) is 131 Å². The summed E-state index contributed by atoms with van der Waals surface area (Å²) >= 11 is 0. The van der Waals surface area contributed by atoms with E-state index in [0.717, 1.165) is 48.6 Å². The Balaban J connectivity index is 0.00000520. The molecule has 0 saturated heterocycles. The number of nitrogens with one attached hydrogen (secondary N) is 4. The van der Waals surface area contributed by atoms with Crippen LogP contribution >= 0.6 is 0 Å². The van der Waals surface area contributed by atoms with Gasteiger partial charge in [0.25, 0.3) is 0 Å². The molecule has 0 unspecified atom stereocenters. The molecule has 0 spiro atoms. The quantitative estimate of drug-likeness (QED) is 0.0186. The number of nitriles is 2. The number of hydrogen-bond donors (Lipinski definition) is 6. The second kappa shape index (κ2) is 31.3. The van der Waals surface area contributed by atoms with Gasteiger partial charge in [0.2, 0.25) is 35.7 Å². The fraction of sp³-hybridized carbons (Fsp3) is 0.190. The third kappa shape index (κ3) is 20.5. The van der Waals surface area contributed by atoms with Gasteiger partial charge in [0.15, 0.2) is 0 Å². The molecule has 0 fully saturated rings. The van der Waals surface area contributed by atoms with Gasteiger partial charge in [-0.1, -0.05) is 24.3 Å². The molecule has 4 aromatic carbocycles. The van der Waals surface area contributed by atoms with Crippen LogP contribution in [0, 0.1) is 22.7 Å². The first kappa shape index (κ1) is 70.1. The van der Waals surface area contributed by atoms with E-state index in [1.807, 2.05) is 12.1 Å². The van der Waals surface area contributed by atoms with Crippen molar-refractivity contribution in [3.8, 4) is 12.1 Å². The molecule has 0 aliphatic carbocycles. The molecule has 36 heteroatoms. The largest absolute Gasteiger partial charge is 1.00 e. The van der Waals surface area contributed by atoms with E-state index in [0.29, 0.717) is 0 Å². The summed E-state index contributed by atoms with van der Waals surface area (Å²) in [6.07, 6.45) is 2.08. The van der Waals surface area contributed by atoms with E-state index in [-0.39, 0.29) is 227 Å². The van der Waals surface area contributed by atoms with Gasteiger partial charge in [-0.3, -0.25) is 0 Å². The summed E-state index contributed by atoms with van der Waals surface area (Å²) in [5.41, 5.74) is -0.263. The van der Waals surface area contributed by atoms with Gasteiger partial charge in [0.1, 0.15) is 40.5 Å². The first-order valence-corrected chi connectivity index (χ1v) is 26.7. The van der Waals surface area contributed by atoms with Crippen LogP contribution in [0.25, 0.3) is 12.2 Å². The minimum Gasteiger partial charge on any atom is -0.744 e. The molecule has 6 rings (SSSR count). The summed E-state index contributed by atoms with van der Waals surface area (Å²) in [6, 6.07) is 19.8. The average molecular weight is 1180 g/mol. The minimum atomic E-state index is -5.31. The normalized spacial score (nSPS) is 11.3. The maximum Gasteiger partial charge on any atom is 1.00 e. The van der Waals surface area contributed by atoms with Gasteiger partial charge in [-0.2, -0.15) is 40.4 Å². The van der Waals surface area contributed by atoms with Crippen LogP contribution in [0.4, 0.5) is 58.4 Å². The summed E-state index contributed by atoms with van der Waals surface area (Å²) in [5.74, 6) is -1.07. The van der Waals surface area contributed by atoms with Crippen molar-refractivity contribution in [2.75, 3.05) is 70.5 Å². The summed E-state index contributed by atoms with van der Waals surface area (Å²) in [4.78, 5) is 26.0. The van der Waals surface area contributed by atoms with Crippen molar-refractivity contribution in [1.82, 2.24) is 29.9 Å². The molecule has 2 aromatic heterocycles. The molecular formula is C42H38N14Na4O14S4. The van der Waals surface area contributed by atoms with Crippen LogP contribution in [0.15, 0.2) is 105 Å². The van der Waals surface area contributed by atoms with Crippen LogP contribution in [0.2, 0.25) is 0 Å². The topological polar surface area (TPSA) is 449 Å². The number of aliphatic hydroxyl groups excluding tert-OH is 2. The second-order valence-electron chi connectivity index (χ2n) is 15.0. The van der Waals surface area contributed by atoms with Gasteiger partial charge in [0, 0.05) is 48.9 Å². The van der Waals surface area contributed by atoms with Gasteiger partial charge >= 0.3 is 118 Å². The standard InChI is InChI=1S/C42H42N14O14S4.4Na/c43-17-1-19-55(21-23-57)41-51-37(45-29-9-13-33(14-10-29)71(59,60)61)49-39(53-41)47-31-7-5-27(35(25-31)73(65,66)67)3-4-28-6-8-32(26-36(28)74(68,69)70)48-40-50-38(46-30-11-15-34(16-12-30)72(62,63)64)52-42(54-40)56(22-24-58)20-2-18-44;;;;/h3-16,25-26,57-58H,1-2,19-24H2,(H,59,60,61)(H,62,63,64)(H,65,66,67)(H,68,69,70)(H2,45,47,49,51,53)(H2,46,48,50,52,54);;;;/q;4*+1/p-4. The Bertz CT molecular complexity index is 3390. The first-order valence-electron chi connectivity index (χ1n) is 21.0. The third-order valence-corrected chi connectivity index (χ3v) is 13.3. The molecule has 0 aliphatic rings. The van der Waals surface area contributed by atoms with Gasteiger partial charge in [-0.15, -0.1) is 0 Å². The Morgan fingerprint density at radius 2 is 0.744 bits per heavy atom. The molecule has 0 saturated carbocycles. The monoisotopic (exact) mass is 1180 g/mol. The summed E-state index contributed by atoms with van der Waals surface area (Å²) in [6.45, 7) is -0.799. The molecule has 0 radical (unpaired) electrons. The van der Waals surface area contributed by atoms with Crippen molar-refractivity contribution in [2.24, 2.45) is 0 Å². The van der Waals surface area contributed by atoms with E-state index in [1.165, 1.54) is 58.3 Å². The van der Waals surface area contributed by atoms with Gasteiger partial charge in [0.05, 0.1) is 57.8 Å². The fourth-order valence-electron chi connectivity index (χ4n) is 6.51. The molecule has 78 heavy (non-hydrogen) atoms. The molecule has 0 atom stereocenters. The number of nitrogens with zero attached hydrogens (tertiary/aromatic N) is 10. The van der Waals surface area contributed by atoms with E-state index in [1.54, 1.807) is 0 Å². The molecule has 28 nitrogen and oxygen atoms in total. The number of anilines is 10. The zero-order chi connectivity index (χ0) is 53.8. The van der Waals surface area contributed by atoms with Crippen LogP contribution in [-0.2, 0) is 40.5 Å². The second-order valence-corrected chi connectivity index (χ2v) is 20.5. The van der Waals surface area contributed by atoms with Gasteiger partial charge < -0.3 is 59.5 Å². The van der Waals surface area contributed by atoms with Crippen molar-refractivity contribution in [2.45, 2.75) is 32.4 Å². The van der Waals surface area contributed by atoms with E-state index in [4.69, 9.17) is 0 Å². The molecular weight excluding hydrogens is 1140 g/mol. The molecule has 388 valence electrons. The molecule has 0 amide bonds. The van der Waals surface area contributed by atoms with Crippen LogP contribution in [0.1, 0.15) is 24.0 Å². The van der Waals surface area contributed by atoms with Crippen LogP contribution in [0.5, 0.6) is 0 Å². The van der Waals surface area contributed by atoms with Crippen LogP contribution in [0.3, 0.4) is 0 Å². The van der Waals surface area contributed by atoms with Gasteiger partial charge in [-0.25, -0.2) is 33.7 Å². The van der Waals surface area contributed by atoms with Crippen molar-refractivity contribution in [3.05, 3.63) is 96.1 Å². The fourth-order valence-corrected chi connectivity index (χ4v) is 8.84. The summed E-state index contributed by atoms with van der Waals surface area (Å²) in [7, 11) is -20.2. The SMILES string of the molecule is N#CCCN(CCO)c1nc(Nc2ccc(S(=O)(=O)[O-])cc2)nc(Nc2ccc(C=Cc3ccc(Nc4nc(Nc5ccc(S(=O)(=O)[O-])cc5)nc(N(CCO)CCC#N)n4)cc3S(=O)(=O)[O-])c(S(=O)(=O)[O-])c2)n1.[Na+].[Na+].[Na+].[Na+]. The zero-order valence-corrected chi connectivity index (χ0v) is 53.1. The number of hydrogen-bond acceptors (Lipinski definition) is 28. The molecule has 6 aromatic rings. The summed E-state index contributed by atoms with van der Waals surface area (Å²) < 4.78 is 145. The smallest absolute Gasteiger partial charge is 0.744 e. The van der Waals surface area contributed by atoms with E-state index >= 15 is 0 Å². The number of aliphatic hydroxyl groups is 2. The Hall–Kier alpha value is -4.02. The predicted molar refractivity (Wildman–Crippen MR) is 258 cm³/mol. The maximum absolute atomic E-state index is 12.7. The third-order valence-electron chi connectivity index (χ3n) is 9.86. The Morgan fingerprint density at radius 1 is 0.449 bits per heavy atom. The molecule has 2 heterocycles. The van der Waals surface area contributed by atoms with Crippen molar-refractivity contribution < 1.29 is 180 Å². The van der Waals surface area contributed by atoms with E-state index in [2.05, 4.69) is 51.2 Å². The predicted octanol–water partition coefficient (Wildman–Crippen LogP) is -9.74. The van der Waals surface area contributed by atoms with Crippen molar-refractivity contribution >= 4 is 111 Å². The maximum atomic E-state index is 12.7. The Labute approximate surface area is 536 Å². The summed E-state index contributed by atoms with van der Waals surface area (Å²) in [5, 5.41) is 49.0. The number of aromatic nitrogens is 6. The van der Waals surface area contributed by atoms with Gasteiger partial charge in [-0.05, 0) is 83.9 Å². The Morgan fingerprint density at radius 3 is 1.01 bits per heavy atom. The van der Waals surface area contributed by atoms with E-state index < -0.39 is 73.3 Å². The van der Waals surface area contributed by atoms with E-state index in [9.17, 15) is 72.6 Å². The van der Waals surface area contributed by atoms with Crippen molar-refractivity contribution in [1.29, 1.82) is 10.5 Å². The van der Waals surface area contributed by atoms with Crippen LogP contribution < -0.4 is 149 Å². The molecule has 0 bridgehead atoms. The Kier molecular flexibility index (Phi) is 28.1. The average Bonchev–Trinajstić information content (AvgIpc) is 3.33.